The van der Waals surface area contributed by atoms with Gasteiger partial charge in [0.15, 0.2) is 11.6 Å². The van der Waals surface area contributed by atoms with Gasteiger partial charge in [-0.05, 0) is 103 Å². The third-order valence-electron chi connectivity index (χ3n) is 6.82. The second kappa shape index (κ2) is 10.8. The van der Waals surface area contributed by atoms with Gasteiger partial charge in [0.2, 0.25) is 0 Å². The number of halogens is 2. The molecule has 0 bridgehead atoms. The third kappa shape index (κ3) is 5.52. The summed E-state index contributed by atoms with van der Waals surface area (Å²) in [7, 11) is 0. The van der Waals surface area contributed by atoms with E-state index in [1.807, 2.05) is 25.1 Å². The molecule has 1 aliphatic rings. The molecule has 172 valence electrons. The first kappa shape index (κ1) is 23.2. The third-order valence-corrected chi connectivity index (χ3v) is 6.82. The second-order valence-electron chi connectivity index (χ2n) is 8.93. The average molecular weight is 447 g/mol. The van der Waals surface area contributed by atoms with Crippen LogP contribution in [0.3, 0.4) is 0 Å². The van der Waals surface area contributed by atoms with E-state index in [2.05, 4.69) is 30.8 Å². The minimum atomic E-state index is -0.425. The molecule has 1 fully saturated rings. The SMILES string of the molecule is C=CCCc1ccc(C2CCC(c3ccc(-c4ccc(OCC)c(F)c4)cc3F)CC2)cc1. The molecule has 0 radical (unpaired) electrons. The number of benzene rings is 3. The highest BCUT2D eigenvalue weighted by molar-refractivity contribution is 5.65. The van der Waals surface area contributed by atoms with Crippen molar-refractivity contribution in [3.05, 3.63) is 102 Å². The minimum Gasteiger partial charge on any atom is -0.491 e. The molecule has 0 unspecified atom stereocenters. The first-order valence-electron chi connectivity index (χ1n) is 12.0. The van der Waals surface area contributed by atoms with Gasteiger partial charge in [0, 0.05) is 0 Å². The lowest BCUT2D eigenvalue weighted by atomic mass is 9.76. The summed E-state index contributed by atoms with van der Waals surface area (Å²) in [6.07, 6.45) is 8.10. The molecule has 3 aromatic carbocycles. The van der Waals surface area contributed by atoms with Gasteiger partial charge in [0.05, 0.1) is 6.61 Å². The van der Waals surface area contributed by atoms with Crippen LogP contribution in [0, 0.1) is 11.6 Å². The number of hydrogen-bond acceptors (Lipinski definition) is 1. The van der Waals surface area contributed by atoms with Crippen LogP contribution >= 0.6 is 0 Å². The number of hydrogen-bond donors (Lipinski definition) is 0. The highest BCUT2D eigenvalue weighted by Gasteiger charge is 2.25. The number of allylic oxidation sites excluding steroid dienone is 1. The van der Waals surface area contributed by atoms with E-state index in [1.54, 1.807) is 18.2 Å². The van der Waals surface area contributed by atoms with E-state index in [0.717, 1.165) is 44.1 Å². The van der Waals surface area contributed by atoms with Gasteiger partial charge >= 0.3 is 0 Å². The Hall–Kier alpha value is -2.94. The van der Waals surface area contributed by atoms with E-state index in [0.29, 0.717) is 23.7 Å². The average Bonchev–Trinajstić information content (AvgIpc) is 2.84. The molecule has 33 heavy (non-hydrogen) atoms. The molecule has 0 heterocycles. The zero-order chi connectivity index (χ0) is 23.2. The lowest BCUT2D eigenvalue weighted by Gasteiger charge is -2.29. The van der Waals surface area contributed by atoms with Crippen LogP contribution in [0.1, 0.15) is 67.6 Å². The fraction of sp³-hybridized carbons (Fsp3) is 0.333. The maximum atomic E-state index is 15.1. The quantitative estimate of drug-likeness (QED) is 0.315. The van der Waals surface area contributed by atoms with E-state index in [-0.39, 0.29) is 17.5 Å². The Kier molecular flexibility index (Phi) is 7.59. The van der Waals surface area contributed by atoms with Crippen LogP contribution in [0.5, 0.6) is 5.75 Å². The Morgan fingerprint density at radius 2 is 1.48 bits per heavy atom. The summed E-state index contributed by atoms with van der Waals surface area (Å²) < 4.78 is 34.5. The fourth-order valence-electron chi connectivity index (χ4n) is 4.95. The van der Waals surface area contributed by atoms with Gasteiger partial charge in [0.25, 0.3) is 0 Å². The molecule has 0 saturated heterocycles. The Balaban J connectivity index is 1.40. The van der Waals surface area contributed by atoms with Crippen molar-refractivity contribution in [2.75, 3.05) is 6.61 Å². The molecule has 0 N–H and O–H groups in total. The predicted octanol–water partition coefficient (Wildman–Crippen LogP) is 8.59. The van der Waals surface area contributed by atoms with E-state index >= 15 is 4.39 Å². The molecule has 0 spiro atoms. The predicted molar refractivity (Wildman–Crippen MR) is 132 cm³/mol. The lowest BCUT2D eigenvalue weighted by molar-refractivity contribution is 0.321. The first-order valence-corrected chi connectivity index (χ1v) is 12.0. The molecule has 3 aromatic rings. The van der Waals surface area contributed by atoms with E-state index in [4.69, 9.17) is 4.74 Å². The number of ether oxygens (including phenoxy) is 1. The number of aryl methyl sites for hydroxylation is 1. The fourth-order valence-corrected chi connectivity index (χ4v) is 4.95. The smallest absolute Gasteiger partial charge is 0.165 e. The van der Waals surface area contributed by atoms with Gasteiger partial charge in [-0.1, -0.05) is 48.5 Å². The minimum absolute atomic E-state index is 0.197. The molecule has 3 heteroatoms. The Morgan fingerprint density at radius 1 is 0.848 bits per heavy atom. The molecule has 0 aromatic heterocycles. The molecule has 1 nitrogen and oxygen atoms in total. The Labute approximate surface area is 196 Å². The molecule has 0 atom stereocenters. The molecule has 4 rings (SSSR count). The van der Waals surface area contributed by atoms with Crippen LogP contribution in [-0.2, 0) is 6.42 Å². The van der Waals surface area contributed by atoms with E-state index in [9.17, 15) is 4.39 Å². The summed E-state index contributed by atoms with van der Waals surface area (Å²) >= 11 is 0. The molecule has 0 amide bonds. The standard InChI is InChI=1S/C30H32F2O/c1-3-5-6-21-7-9-22(10-8-21)23-11-13-24(14-12-23)27-17-15-25(19-28(27)31)26-16-18-30(33-4-2)29(32)20-26/h3,7-10,15-20,23-24H,1,4-6,11-14H2,2H3. The Bertz CT molecular complexity index is 1080. The van der Waals surface area contributed by atoms with Crippen molar-refractivity contribution < 1.29 is 13.5 Å². The van der Waals surface area contributed by atoms with Crippen molar-refractivity contribution in [3.63, 3.8) is 0 Å². The normalized spacial score (nSPS) is 18.2. The van der Waals surface area contributed by atoms with E-state index < -0.39 is 5.82 Å². The Morgan fingerprint density at radius 3 is 2.09 bits per heavy atom. The van der Waals surface area contributed by atoms with Crippen molar-refractivity contribution in [1.29, 1.82) is 0 Å². The maximum Gasteiger partial charge on any atom is 0.165 e. The summed E-state index contributed by atoms with van der Waals surface area (Å²) in [6, 6.07) is 19.1. The lowest BCUT2D eigenvalue weighted by Crippen LogP contribution is -2.13. The van der Waals surface area contributed by atoms with Crippen LogP contribution in [0.15, 0.2) is 73.3 Å². The van der Waals surface area contributed by atoms with Gasteiger partial charge < -0.3 is 4.74 Å². The zero-order valence-corrected chi connectivity index (χ0v) is 19.3. The highest BCUT2D eigenvalue weighted by Crippen LogP contribution is 2.41. The van der Waals surface area contributed by atoms with Gasteiger partial charge in [0.1, 0.15) is 5.82 Å². The summed E-state index contributed by atoms with van der Waals surface area (Å²) in [6.45, 7) is 6.01. The largest absolute Gasteiger partial charge is 0.491 e. The van der Waals surface area contributed by atoms with Crippen LogP contribution in [0.4, 0.5) is 8.78 Å². The molecule has 1 saturated carbocycles. The van der Waals surface area contributed by atoms with Crippen LogP contribution in [0.25, 0.3) is 11.1 Å². The van der Waals surface area contributed by atoms with Gasteiger partial charge in [-0.2, -0.15) is 0 Å². The van der Waals surface area contributed by atoms with E-state index in [1.165, 1.54) is 17.2 Å². The van der Waals surface area contributed by atoms with Gasteiger partial charge in [-0.15, -0.1) is 6.58 Å². The monoisotopic (exact) mass is 446 g/mol. The van der Waals surface area contributed by atoms with Crippen molar-refractivity contribution in [3.8, 4) is 16.9 Å². The van der Waals surface area contributed by atoms with Gasteiger partial charge in [-0.3, -0.25) is 0 Å². The maximum absolute atomic E-state index is 15.1. The molecule has 0 aliphatic heterocycles. The topological polar surface area (TPSA) is 9.23 Å². The molecular weight excluding hydrogens is 414 g/mol. The summed E-state index contributed by atoms with van der Waals surface area (Å²) in [5, 5.41) is 0. The number of rotatable bonds is 8. The van der Waals surface area contributed by atoms with Crippen LogP contribution in [0.2, 0.25) is 0 Å². The van der Waals surface area contributed by atoms with Crippen molar-refractivity contribution >= 4 is 0 Å². The van der Waals surface area contributed by atoms with Crippen molar-refractivity contribution in [2.24, 2.45) is 0 Å². The highest BCUT2D eigenvalue weighted by atomic mass is 19.1. The summed E-state index contributed by atoms with van der Waals surface area (Å²) in [5.41, 5.74) is 4.86. The van der Waals surface area contributed by atoms with Gasteiger partial charge in [-0.25, -0.2) is 8.78 Å². The summed E-state index contributed by atoms with van der Waals surface area (Å²) in [4.78, 5) is 0. The second-order valence-corrected chi connectivity index (χ2v) is 8.93. The van der Waals surface area contributed by atoms with Crippen LogP contribution in [-0.4, -0.2) is 6.61 Å². The van der Waals surface area contributed by atoms with Crippen LogP contribution < -0.4 is 4.74 Å². The van der Waals surface area contributed by atoms with Crippen molar-refractivity contribution in [2.45, 2.75) is 57.3 Å². The first-order chi connectivity index (χ1) is 16.1. The zero-order valence-electron chi connectivity index (χ0n) is 19.3. The summed E-state index contributed by atoms with van der Waals surface area (Å²) in [5.74, 6) is 0.382. The molecular formula is C30H32F2O. The van der Waals surface area contributed by atoms with Crippen molar-refractivity contribution in [1.82, 2.24) is 0 Å². The molecule has 1 aliphatic carbocycles.